The van der Waals surface area contributed by atoms with Gasteiger partial charge in [0.2, 0.25) is 0 Å². The lowest BCUT2D eigenvalue weighted by Crippen LogP contribution is -2.41. The molecular formula is C26H21N5O2. The van der Waals surface area contributed by atoms with Crippen LogP contribution in [0.5, 0.6) is 0 Å². The Labute approximate surface area is 190 Å². The molecule has 0 saturated heterocycles. The first-order valence-corrected chi connectivity index (χ1v) is 10.9. The van der Waals surface area contributed by atoms with Crippen LogP contribution >= 0.6 is 0 Å². The highest BCUT2D eigenvalue weighted by Crippen LogP contribution is 2.35. The number of aryl methyl sites for hydroxylation is 1. The number of carbonyl (C=O) groups excluding carboxylic acids is 1. The predicted octanol–water partition coefficient (Wildman–Crippen LogP) is 4.84. The van der Waals surface area contributed by atoms with E-state index in [2.05, 4.69) is 21.3 Å². The SMILES string of the molecule is Cc1noc2nc(-c3ccccc3)cc(C(=O)N3CC(n4cccn4)Cc4ccccc43)c12. The Morgan fingerprint density at radius 3 is 2.70 bits per heavy atom. The van der Waals surface area contributed by atoms with Gasteiger partial charge in [-0.25, -0.2) is 4.98 Å². The van der Waals surface area contributed by atoms with E-state index in [9.17, 15) is 4.79 Å². The van der Waals surface area contributed by atoms with Crippen molar-refractivity contribution in [1.82, 2.24) is 19.9 Å². The van der Waals surface area contributed by atoms with Crippen molar-refractivity contribution in [3.8, 4) is 11.3 Å². The molecule has 2 aromatic carbocycles. The van der Waals surface area contributed by atoms with Gasteiger partial charge in [0, 0.05) is 30.2 Å². The van der Waals surface area contributed by atoms with E-state index in [1.807, 2.05) is 83.4 Å². The molecule has 0 bridgehead atoms. The number of aromatic nitrogens is 4. The largest absolute Gasteiger partial charge is 0.335 e. The monoisotopic (exact) mass is 435 g/mol. The molecule has 0 aliphatic carbocycles. The minimum Gasteiger partial charge on any atom is -0.335 e. The van der Waals surface area contributed by atoms with Crippen molar-refractivity contribution < 1.29 is 9.32 Å². The van der Waals surface area contributed by atoms with Crippen molar-refractivity contribution in [2.45, 2.75) is 19.4 Å². The Hall–Kier alpha value is -4.26. The lowest BCUT2D eigenvalue weighted by atomic mass is 9.96. The lowest BCUT2D eigenvalue weighted by Gasteiger charge is -2.35. The zero-order valence-corrected chi connectivity index (χ0v) is 18.0. The molecule has 4 heterocycles. The number of benzene rings is 2. The molecule has 6 rings (SSSR count). The minimum atomic E-state index is -0.102. The van der Waals surface area contributed by atoms with Crippen LogP contribution in [0.15, 0.2) is 83.6 Å². The molecule has 5 aromatic rings. The summed E-state index contributed by atoms with van der Waals surface area (Å²) in [6.45, 7) is 2.36. The average molecular weight is 435 g/mol. The van der Waals surface area contributed by atoms with E-state index < -0.39 is 0 Å². The first kappa shape index (κ1) is 19.4. The van der Waals surface area contributed by atoms with Gasteiger partial charge in [0.1, 0.15) is 0 Å². The summed E-state index contributed by atoms with van der Waals surface area (Å²) in [6, 6.07) is 21.7. The Bertz CT molecular complexity index is 1460. The first-order valence-electron chi connectivity index (χ1n) is 10.9. The van der Waals surface area contributed by atoms with Crippen molar-refractivity contribution >= 4 is 22.7 Å². The van der Waals surface area contributed by atoms with Crippen LogP contribution in [0.25, 0.3) is 22.4 Å². The zero-order chi connectivity index (χ0) is 22.4. The maximum atomic E-state index is 14.1. The summed E-state index contributed by atoms with van der Waals surface area (Å²) in [5.41, 5.74) is 5.18. The number of hydrogen-bond donors (Lipinski definition) is 0. The van der Waals surface area contributed by atoms with Gasteiger partial charge >= 0.3 is 0 Å². The van der Waals surface area contributed by atoms with E-state index in [4.69, 9.17) is 4.52 Å². The van der Waals surface area contributed by atoms with E-state index in [1.54, 1.807) is 6.20 Å². The first-order chi connectivity index (χ1) is 16.2. The van der Waals surface area contributed by atoms with Crippen LogP contribution < -0.4 is 4.90 Å². The number of fused-ring (bicyclic) bond motifs is 2. The molecule has 1 atom stereocenters. The van der Waals surface area contributed by atoms with Gasteiger partial charge in [0.25, 0.3) is 11.6 Å². The van der Waals surface area contributed by atoms with Crippen LogP contribution in [-0.4, -0.2) is 32.4 Å². The number of carbonyl (C=O) groups is 1. The maximum Gasteiger partial charge on any atom is 0.259 e. The fourth-order valence-corrected chi connectivity index (χ4v) is 4.61. The van der Waals surface area contributed by atoms with Gasteiger partial charge in [-0.2, -0.15) is 5.10 Å². The summed E-state index contributed by atoms with van der Waals surface area (Å²) in [5, 5.41) is 9.18. The maximum absolute atomic E-state index is 14.1. The molecule has 7 nitrogen and oxygen atoms in total. The smallest absolute Gasteiger partial charge is 0.259 e. The summed E-state index contributed by atoms with van der Waals surface area (Å²) >= 11 is 0. The quantitative estimate of drug-likeness (QED) is 0.405. The second-order valence-corrected chi connectivity index (χ2v) is 8.26. The molecule has 1 amide bonds. The highest BCUT2D eigenvalue weighted by molar-refractivity contribution is 6.14. The summed E-state index contributed by atoms with van der Waals surface area (Å²) < 4.78 is 7.42. The molecule has 0 saturated carbocycles. The third-order valence-electron chi connectivity index (χ3n) is 6.19. The van der Waals surface area contributed by atoms with E-state index in [0.717, 1.165) is 23.2 Å². The normalized spacial score (nSPS) is 15.5. The summed E-state index contributed by atoms with van der Waals surface area (Å²) in [4.78, 5) is 20.6. The van der Waals surface area contributed by atoms with Crippen molar-refractivity contribution in [2.24, 2.45) is 0 Å². The predicted molar refractivity (Wildman–Crippen MR) is 125 cm³/mol. The number of amides is 1. The number of anilines is 1. The molecular weight excluding hydrogens is 414 g/mol. The third-order valence-corrected chi connectivity index (χ3v) is 6.19. The number of nitrogens with zero attached hydrogens (tertiary/aromatic N) is 5. The molecule has 33 heavy (non-hydrogen) atoms. The summed E-state index contributed by atoms with van der Waals surface area (Å²) in [7, 11) is 0. The van der Waals surface area contributed by atoms with Gasteiger partial charge < -0.3 is 9.42 Å². The van der Waals surface area contributed by atoms with Crippen LogP contribution in [0.2, 0.25) is 0 Å². The second-order valence-electron chi connectivity index (χ2n) is 8.26. The second kappa shape index (κ2) is 7.70. The Morgan fingerprint density at radius 1 is 1.06 bits per heavy atom. The van der Waals surface area contributed by atoms with Gasteiger partial charge in [-0.15, -0.1) is 0 Å². The summed E-state index contributed by atoms with van der Waals surface area (Å²) in [5.74, 6) is -0.102. The highest BCUT2D eigenvalue weighted by atomic mass is 16.5. The van der Waals surface area contributed by atoms with Gasteiger partial charge in [0.15, 0.2) is 0 Å². The number of pyridine rings is 1. The highest BCUT2D eigenvalue weighted by Gasteiger charge is 2.32. The molecule has 7 heteroatoms. The van der Waals surface area contributed by atoms with Crippen LogP contribution in [0, 0.1) is 6.92 Å². The fraction of sp³-hybridized carbons (Fsp3) is 0.154. The van der Waals surface area contributed by atoms with Crippen molar-refractivity contribution in [3.05, 3.63) is 95.9 Å². The average Bonchev–Trinajstić information content (AvgIpc) is 3.53. The van der Waals surface area contributed by atoms with Crippen molar-refractivity contribution in [1.29, 1.82) is 0 Å². The van der Waals surface area contributed by atoms with Crippen LogP contribution in [0.3, 0.4) is 0 Å². The van der Waals surface area contributed by atoms with Crippen LogP contribution in [0.1, 0.15) is 27.7 Å². The van der Waals surface area contributed by atoms with Crippen molar-refractivity contribution in [3.63, 3.8) is 0 Å². The Balaban J connectivity index is 1.50. The Morgan fingerprint density at radius 2 is 1.88 bits per heavy atom. The fourth-order valence-electron chi connectivity index (χ4n) is 4.61. The molecule has 0 N–H and O–H groups in total. The molecule has 0 spiro atoms. The van der Waals surface area contributed by atoms with Crippen LogP contribution in [0.4, 0.5) is 5.69 Å². The molecule has 3 aromatic heterocycles. The van der Waals surface area contributed by atoms with Gasteiger partial charge in [-0.05, 0) is 37.1 Å². The lowest BCUT2D eigenvalue weighted by molar-refractivity contribution is 0.0981. The van der Waals surface area contributed by atoms with E-state index in [0.29, 0.717) is 34.6 Å². The molecule has 0 radical (unpaired) electrons. The molecule has 0 fully saturated rings. The standard InChI is InChI=1S/C26H21N5O2/c1-17-24-21(15-22(28-25(24)33-29-17)18-8-3-2-4-9-18)26(32)30-16-20(31-13-7-12-27-31)14-19-10-5-6-11-23(19)30/h2-13,15,20H,14,16H2,1H3. The number of para-hydroxylation sites is 1. The van der Waals surface area contributed by atoms with Gasteiger partial charge in [-0.3, -0.25) is 9.48 Å². The number of hydrogen-bond acceptors (Lipinski definition) is 5. The molecule has 1 aliphatic heterocycles. The number of rotatable bonds is 3. The zero-order valence-electron chi connectivity index (χ0n) is 18.0. The van der Waals surface area contributed by atoms with Gasteiger partial charge in [0.05, 0.1) is 28.4 Å². The molecule has 162 valence electrons. The Kier molecular flexibility index (Phi) is 4.54. The van der Waals surface area contributed by atoms with Crippen LogP contribution in [-0.2, 0) is 6.42 Å². The van der Waals surface area contributed by atoms with E-state index in [-0.39, 0.29) is 11.9 Å². The summed E-state index contributed by atoms with van der Waals surface area (Å²) in [6.07, 6.45) is 4.53. The van der Waals surface area contributed by atoms with Gasteiger partial charge in [-0.1, -0.05) is 53.7 Å². The molecule has 1 unspecified atom stereocenters. The van der Waals surface area contributed by atoms with E-state index >= 15 is 0 Å². The minimum absolute atomic E-state index is 0.0494. The van der Waals surface area contributed by atoms with E-state index in [1.165, 1.54) is 0 Å². The topological polar surface area (TPSA) is 77.0 Å². The van der Waals surface area contributed by atoms with Crippen molar-refractivity contribution in [2.75, 3.05) is 11.4 Å². The third kappa shape index (κ3) is 3.29. The molecule has 1 aliphatic rings.